The molecular formula is C16H20F3N3O4S. The van der Waals surface area contributed by atoms with E-state index in [1.807, 2.05) is 0 Å². The summed E-state index contributed by atoms with van der Waals surface area (Å²) in [5, 5.41) is 3.50. The van der Waals surface area contributed by atoms with Gasteiger partial charge in [-0.2, -0.15) is 18.3 Å². The molecule has 11 heteroatoms. The maximum atomic E-state index is 12.7. The maximum Gasteiger partial charge on any atom is 0.435 e. The van der Waals surface area contributed by atoms with E-state index in [-0.39, 0.29) is 30.2 Å². The number of hydrogen-bond donors (Lipinski definition) is 1. The number of sulfonamides is 1. The first-order valence-corrected chi connectivity index (χ1v) is 9.40. The molecule has 27 heavy (non-hydrogen) atoms. The summed E-state index contributed by atoms with van der Waals surface area (Å²) in [6.45, 7) is 1.66. The molecule has 0 unspecified atom stereocenters. The Labute approximate surface area is 155 Å². The third kappa shape index (κ3) is 5.13. The molecule has 1 N–H and O–H groups in total. The van der Waals surface area contributed by atoms with E-state index in [4.69, 9.17) is 9.47 Å². The largest absolute Gasteiger partial charge is 0.497 e. The Bertz CT molecular complexity index is 895. The van der Waals surface area contributed by atoms with E-state index in [0.717, 1.165) is 6.07 Å². The molecule has 0 atom stereocenters. The van der Waals surface area contributed by atoms with Gasteiger partial charge < -0.3 is 9.47 Å². The molecule has 0 aliphatic heterocycles. The lowest BCUT2D eigenvalue weighted by molar-refractivity contribution is -0.141. The van der Waals surface area contributed by atoms with E-state index in [1.54, 1.807) is 6.07 Å². The zero-order valence-electron chi connectivity index (χ0n) is 15.0. The van der Waals surface area contributed by atoms with Crippen molar-refractivity contribution in [1.82, 2.24) is 14.5 Å². The van der Waals surface area contributed by atoms with Gasteiger partial charge in [0.05, 0.1) is 14.2 Å². The van der Waals surface area contributed by atoms with Crippen molar-refractivity contribution in [1.29, 1.82) is 0 Å². The zero-order chi connectivity index (χ0) is 20.2. The first-order chi connectivity index (χ1) is 12.6. The van der Waals surface area contributed by atoms with Crippen LogP contribution in [0.15, 0.2) is 29.2 Å². The predicted molar refractivity (Wildman–Crippen MR) is 91.3 cm³/mol. The van der Waals surface area contributed by atoms with Gasteiger partial charge >= 0.3 is 6.18 Å². The second kappa shape index (κ2) is 8.17. The molecule has 0 saturated heterocycles. The fraction of sp³-hybridized carbons (Fsp3) is 0.438. The highest BCUT2D eigenvalue weighted by molar-refractivity contribution is 7.89. The summed E-state index contributed by atoms with van der Waals surface area (Å²) in [6, 6.07) is 5.31. The van der Waals surface area contributed by atoms with Crippen LogP contribution in [0.2, 0.25) is 0 Å². The normalized spacial score (nSPS) is 12.2. The molecule has 1 heterocycles. The summed E-state index contributed by atoms with van der Waals surface area (Å²) in [6.07, 6.45) is -4.26. The highest BCUT2D eigenvalue weighted by atomic mass is 32.2. The van der Waals surface area contributed by atoms with Crippen molar-refractivity contribution >= 4 is 10.0 Å². The first-order valence-electron chi connectivity index (χ1n) is 7.92. The van der Waals surface area contributed by atoms with Gasteiger partial charge in [0.1, 0.15) is 16.4 Å². The summed E-state index contributed by atoms with van der Waals surface area (Å²) >= 11 is 0. The number of alkyl halides is 3. The van der Waals surface area contributed by atoms with E-state index in [9.17, 15) is 21.6 Å². The van der Waals surface area contributed by atoms with Crippen LogP contribution in [0.5, 0.6) is 11.5 Å². The Morgan fingerprint density at radius 3 is 2.44 bits per heavy atom. The average molecular weight is 407 g/mol. The Morgan fingerprint density at radius 2 is 1.89 bits per heavy atom. The van der Waals surface area contributed by atoms with Gasteiger partial charge in [0.25, 0.3) is 0 Å². The van der Waals surface area contributed by atoms with Crippen LogP contribution < -0.4 is 14.2 Å². The highest BCUT2D eigenvalue weighted by Gasteiger charge is 2.34. The van der Waals surface area contributed by atoms with Gasteiger partial charge in [0.2, 0.25) is 10.0 Å². The van der Waals surface area contributed by atoms with Gasteiger partial charge in [-0.05, 0) is 31.5 Å². The number of rotatable bonds is 8. The van der Waals surface area contributed by atoms with Crippen LogP contribution in [-0.4, -0.2) is 39.0 Å². The molecule has 1 aromatic carbocycles. The van der Waals surface area contributed by atoms with Crippen molar-refractivity contribution < 1.29 is 31.1 Å². The molecule has 0 spiro atoms. The van der Waals surface area contributed by atoms with E-state index in [0.29, 0.717) is 11.4 Å². The van der Waals surface area contributed by atoms with Crippen LogP contribution in [0.4, 0.5) is 13.2 Å². The van der Waals surface area contributed by atoms with E-state index < -0.39 is 21.9 Å². The molecule has 150 valence electrons. The summed E-state index contributed by atoms with van der Waals surface area (Å²) in [5.74, 6) is 0.504. The summed E-state index contributed by atoms with van der Waals surface area (Å²) < 4.78 is 76.6. The number of halogens is 3. The highest BCUT2D eigenvalue weighted by Crippen LogP contribution is 2.29. The topological polar surface area (TPSA) is 82.5 Å². The second-order valence-corrected chi connectivity index (χ2v) is 7.40. The zero-order valence-corrected chi connectivity index (χ0v) is 15.8. The van der Waals surface area contributed by atoms with E-state index in [1.165, 1.54) is 38.0 Å². The molecule has 0 saturated carbocycles. The number of ether oxygens (including phenoxy) is 2. The van der Waals surface area contributed by atoms with Gasteiger partial charge in [-0.25, -0.2) is 13.1 Å². The van der Waals surface area contributed by atoms with Gasteiger partial charge in [-0.3, -0.25) is 4.68 Å². The van der Waals surface area contributed by atoms with Gasteiger partial charge in [0.15, 0.2) is 5.69 Å². The van der Waals surface area contributed by atoms with Crippen molar-refractivity contribution in [2.45, 2.75) is 31.0 Å². The molecule has 0 aliphatic carbocycles. The van der Waals surface area contributed by atoms with Crippen molar-refractivity contribution in [2.24, 2.45) is 0 Å². The quantitative estimate of drug-likeness (QED) is 0.681. The number of aromatic nitrogens is 2. The molecule has 0 aliphatic rings. The van der Waals surface area contributed by atoms with E-state index >= 15 is 0 Å². The first kappa shape index (κ1) is 21.0. The van der Waals surface area contributed by atoms with Crippen molar-refractivity contribution in [3.05, 3.63) is 35.7 Å². The number of benzene rings is 1. The predicted octanol–water partition coefficient (Wildman–Crippen LogP) is 2.60. The molecular weight excluding hydrogens is 387 g/mol. The standard InChI is InChI=1S/C16H20F3N3O4S/c1-11-9-15(16(17,18)19)21-22(11)8-4-7-20-27(23,24)14-10-12(25-2)5-6-13(14)26-3/h5-6,9-10,20H,4,7-8H2,1-3H3. The number of aryl methyl sites for hydroxylation is 2. The maximum absolute atomic E-state index is 12.7. The number of nitrogens with one attached hydrogen (secondary N) is 1. The minimum Gasteiger partial charge on any atom is -0.497 e. The van der Waals surface area contributed by atoms with Crippen LogP contribution in [0.25, 0.3) is 0 Å². The van der Waals surface area contributed by atoms with Crippen molar-refractivity contribution in [3.63, 3.8) is 0 Å². The van der Waals surface area contributed by atoms with Crippen LogP contribution >= 0.6 is 0 Å². The molecule has 0 fully saturated rings. The van der Waals surface area contributed by atoms with Crippen LogP contribution in [0.3, 0.4) is 0 Å². The third-order valence-electron chi connectivity index (χ3n) is 3.77. The smallest absolute Gasteiger partial charge is 0.435 e. The van der Waals surface area contributed by atoms with Gasteiger partial charge in [-0.15, -0.1) is 0 Å². The Hall–Kier alpha value is -2.27. The Balaban J connectivity index is 2.02. The number of methoxy groups -OCH3 is 2. The lowest BCUT2D eigenvalue weighted by atomic mass is 10.3. The minimum atomic E-state index is -4.51. The summed E-state index contributed by atoms with van der Waals surface area (Å²) in [7, 11) is -1.13. The number of nitrogens with zero attached hydrogens (tertiary/aromatic N) is 2. The van der Waals surface area contributed by atoms with Crippen LogP contribution in [0, 0.1) is 6.92 Å². The monoisotopic (exact) mass is 407 g/mol. The van der Waals surface area contributed by atoms with Crippen molar-refractivity contribution in [2.75, 3.05) is 20.8 Å². The number of hydrogen-bond acceptors (Lipinski definition) is 5. The minimum absolute atomic E-state index is 0.0172. The second-order valence-electron chi connectivity index (χ2n) is 5.66. The molecule has 0 amide bonds. The lowest BCUT2D eigenvalue weighted by Gasteiger charge is -2.12. The molecule has 2 rings (SSSR count). The van der Waals surface area contributed by atoms with Crippen molar-refractivity contribution in [3.8, 4) is 11.5 Å². The van der Waals surface area contributed by atoms with Crippen LogP contribution in [0.1, 0.15) is 17.8 Å². The molecule has 0 radical (unpaired) electrons. The molecule has 7 nitrogen and oxygen atoms in total. The lowest BCUT2D eigenvalue weighted by Crippen LogP contribution is -2.26. The van der Waals surface area contributed by atoms with Gasteiger partial charge in [0, 0.05) is 24.8 Å². The third-order valence-corrected chi connectivity index (χ3v) is 5.25. The summed E-state index contributed by atoms with van der Waals surface area (Å²) in [4.78, 5) is -0.0843. The Morgan fingerprint density at radius 1 is 1.19 bits per heavy atom. The average Bonchev–Trinajstić information content (AvgIpc) is 2.99. The van der Waals surface area contributed by atoms with Gasteiger partial charge in [-0.1, -0.05) is 0 Å². The Kier molecular flexibility index (Phi) is 6.37. The van der Waals surface area contributed by atoms with E-state index in [2.05, 4.69) is 9.82 Å². The molecule has 1 aromatic heterocycles. The SMILES string of the molecule is COc1ccc(OC)c(S(=O)(=O)NCCCn2nc(C(F)(F)F)cc2C)c1. The molecule has 2 aromatic rings. The molecule has 0 bridgehead atoms. The summed E-state index contributed by atoms with van der Waals surface area (Å²) in [5.41, 5.74) is -0.624. The van der Waals surface area contributed by atoms with Crippen LogP contribution in [-0.2, 0) is 22.7 Å². The fourth-order valence-corrected chi connectivity index (χ4v) is 3.64. The fourth-order valence-electron chi connectivity index (χ4n) is 2.38.